The Morgan fingerprint density at radius 2 is 1.50 bits per heavy atom. The minimum Gasteiger partial charge on any atom is -0.366 e. The van der Waals surface area contributed by atoms with Crippen molar-refractivity contribution in [2.24, 2.45) is 0 Å². The molecule has 1 N–H and O–H groups in total. The van der Waals surface area contributed by atoms with E-state index in [1.807, 2.05) is 0 Å². The molecule has 0 saturated carbocycles. The van der Waals surface area contributed by atoms with E-state index in [-0.39, 0.29) is 8.48 Å². The molecule has 0 heterocycles. The minimum atomic E-state index is -0.903. The zero-order valence-electron chi connectivity index (χ0n) is 12.1. The molecule has 0 aromatic heterocycles. The molecule has 2 nitrogen and oxygen atoms in total. The highest BCUT2D eigenvalue weighted by Crippen LogP contribution is 2.04. The van der Waals surface area contributed by atoms with Gasteiger partial charge < -0.3 is 9.21 Å². The van der Waals surface area contributed by atoms with Crippen LogP contribution in [0, 0.1) is 0 Å². The fourth-order valence-corrected chi connectivity index (χ4v) is 13.5. The summed E-state index contributed by atoms with van der Waals surface area (Å²) in [5.41, 5.74) is 0. The fraction of sp³-hybridized carbons (Fsp3) is 1.00. The van der Waals surface area contributed by atoms with Crippen molar-refractivity contribution in [1.82, 2.24) is 9.21 Å². The number of rotatable bonds is 7. The van der Waals surface area contributed by atoms with Crippen molar-refractivity contribution < 1.29 is 0 Å². The van der Waals surface area contributed by atoms with Gasteiger partial charge in [-0.2, -0.15) is 0 Å². The number of hydrogen-bond acceptors (Lipinski definition) is 2. The second kappa shape index (κ2) is 7.27. The van der Waals surface area contributed by atoms with Crippen LogP contribution >= 0.6 is 0 Å². The van der Waals surface area contributed by atoms with Gasteiger partial charge in [-0.3, -0.25) is 0 Å². The van der Waals surface area contributed by atoms with Gasteiger partial charge in [-0.05, 0) is 12.1 Å². The van der Waals surface area contributed by atoms with E-state index in [0.717, 1.165) is 18.4 Å². The van der Waals surface area contributed by atoms with E-state index in [1.54, 1.807) is 0 Å². The Labute approximate surface area is 110 Å². The summed E-state index contributed by atoms with van der Waals surface area (Å²) >= 11 is 0. The largest absolute Gasteiger partial charge is 0.366 e. The molecule has 0 aliphatic carbocycles. The lowest BCUT2D eigenvalue weighted by atomic mass is 10.3. The molecule has 0 fully saturated rings. The Hall–Kier alpha value is 0.788. The molecule has 0 aromatic rings. The van der Waals surface area contributed by atoms with Crippen LogP contribution in [0.1, 0.15) is 27.7 Å². The Bertz CT molecular complexity index is 184. The van der Waals surface area contributed by atoms with E-state index in [0.29, 0.717) is 12.1 Å². The normalized spacial score (nSPS) is 13.5. The van der Waals surface area contributed by atoms with E-state index in [1.165, 1.54) is 0 Å². The maximum Gasteiger partial charge on any atom is 0.143 e. The first kappa shape index (κ1) is 16.8. The average Bonchev–Trinajstić information content (AvgIpc) is 2.08. The van der Waals surface area contributed by atoms with Crippen LogP contribution in [-0.4, -0.2) is 51.1 Å². The predicted octanol–water partition coefficient (Wildman–Crippen LogP) is 1.89. The molecule has 0 atom stereocenters. The SMILES string of the molecule is CC(C)N([Si][Si]N[Si](C)[Si](C)(C)C)C(C)C. The lowest BCUT2D eigenvalue weighted by Gasteiger charge is -2.31. The molecule has 0 unspecified atom stereocenters. The summed E-state index contributed by atoms with van der Waals surface area (Å²) in [5.74, 6) is 0. The Morgan fingerprint density at radius 1 is 1.06 bits per heavy atom. The Balaban J connectivity index is 3.96. The molecular weight excluding hydrogens is 260 g/mol. The molecular formula is C10H27N2Si4. The van der Waals surface area contributed by atoms with E-state index in [4.69, 9.17) is 0 Å². The average molecular weight is 288 g/mol. The van der Waals surface area contributed by atoms with Crippen LogP contribution in [0.25, 0.3) is 0 Å². The molecule has 0 bridgehead atoms. The van der Waals surface area contributed by atoms with E-state index in [9.17, 15) is 0 Å². The molecule has 0 amide bonds. The standard InChI is InChI=1S/C10H27N2Si4/c1-9(2)12(10(3)4)14-13-11-15(5)16(6,7)8/h9-11H,1-8H3. The highest BCUT2D eigenvalue weighted by atomic mass is 29.2. The van der Waals surface area contributed by atoms with Crippen molar-refractivity contribution in [3.63, 3.8) is 0 Å². The monoisotopic (exact) mass is 287 g/mol. The highest BCUT2D eigenvalue weighted by Gasteiger charge is 2.24. The van der Waals surface area contributed by atoms with Gasteiger partial charge in [-0.1, -0.05) is 53.9 Å². The van der Waals surface area contributed by atoms with Gasteiger partial charge in [0, 0.05) is 0 Å². The first-order chi connectivity index (χ1) is 7.16. The lowest BCUT2D eigenvalue weighted by Crippen LogP contribution is -2.56. The maximum absolute atomic E-state index is 3.82. The van der Waals surface area contributed by atoms with Gasteiger partial charge in [0.1, 0.15) is 26.9 Å². The molecule has 0 aromatic carbocycles. The van der Waals surface area contributed by atoms with E-state index < -0.39 is 7.59 Å². The molecule has 0 rings (SSSR count). The summed E-state index contributed by atoms with van der Waals surface area (Å²) in [6.45, 7) is 19.1. The van der Waals surface area contributed by atoms with Crippen LogP contribution in [0.2, 0.25) is 26.2 Å². The second-order valence-electron chi connectivity index (χ2n) is 5.83. The summed E-state index contributed by atoms with van der Waals surface area (Å²) < 4.78 is 6.43. The quantitative estimate of drug-likeness (QED) is 0.720. The van der Waals surface area contributed by atoms with Crippen LogP contribution in [-0.2, 0) is 0 Å². The van der Waals surface area contributed by atoms with Gasteiger partial charge in [-0.25, -0.2) is 0 Å². The van der Waals surface area contributed by atoms with Gasteiger partial charge in [0.05, 0.1) is 7.59 Å². The molecule has 0 saturated heterocycles. The van der Waals surface area contributed by atoms with Crippen molar-refractivity contribution in [3.8, 4) is 0 Å². The number of hydrogen-bond donors (Lipinski definition) is 1. The van der Waals surface area contributed by atoms with Crippen LogP contribution in [0.4, 0.5) is 0 Å². The van der Waals surface area contributed by atoms with Crippen molar-refractivity contribution in [3.05, 3.63) is 0 Å². The molecule has 6 heteroatoms. The third-order valence-corrected chi connectivity index (χ3v) is 18.4. The van der Waals surface area contributed by atoms with Gasteiger partial charge in [0.2, 0.25) is 0 Å². The van der Waals surface area contributed by atoms with Gasteiger partial charge in [0.25, 0.3) is 0 Å². The second-order valence-corrected chi connectivity index (χ2v) is 21.7. The smallest absolute Gasteiger partial charge is 0.143 e. The molecule has 0 aliphatic rings. The maximum atomic E-state index is 3.82. The third-order valence-electron chi connectivity index (χ3n) is 2.67. The van der Waals surface area contributed by atoms with Crippen molar-refractivity contribution >= 4 is 34.5 Å². The fourth-order valence-electron chi connectivity index (χ4n) is 1.23. The summed E-state index contributed by atoms with van der Waals surface area (Å²) in [4.78, 5) is 0. The predicted molar refractivity (Wildman–Crippen MR) is 81.7 cm³/mol. The molecule has 93 valence electrons. The molecule has 0 aliphatic heterocycles. The zero-order valence-corrected chi connectivity index (χ0v) is 16.1. The van der Waals surface area contributed by atoms with E-state index >= 15 is 0 Å². The third kappa shape index (κ3) is 6.51. The van der Waals surface area contributed by atoms with Crippen molar-refractivity contribution in [1.29, 1.82) is 0 Å². The summed E-state index contributed by atoms with van der Waals surface area (Å²) in [5, 5.41) is 0. The van der Waals surface area contributed by atoms with Crippen LogP contribution < -0.4 is 4.65 Å². The first-order valence-electron chi connectivity index (χ1n) is 6.05. The van der Waals surface area contributed by atoms with Gasteiger partial charge in [0.15, 0.2) is 0 Å². The molecule has 0 spiro atoms. The van der Waals surface area contributed by atoms with Gasteiger partial charge in [-0.15, -0.1) is 0 Å². The summed E-state index contributed by atoms with van der Waals surface area (Å²) in [7, 11) is 0.716. The zero-order chi connectivity index (χ0) is 12.9. The molecule has 16 heavy (non-hydrogen) atoms. The summed E-state index contributed by atoms with van der Waals surface area (Å²) in [6, 6.07) is 1.35. The van der Waals surface area contributed by atoms with Crippen LogP contribution in [0.5, 0.6) is 0 Å². The Kier molecular flexibility index (Phi) is 7.63. The highest BCUT2D eigenvalue weighted by molar-refractivity contribution is 7.32. The van der Waals surface area contributed by atoms with Crippen LogP contribution in [0.3, 0.4) is 0 Å². The molecule has 5 radical (unpaired) electrons. The number of nitrogens with zero attached hydrogens (tertiary/aromatic N) is 1. The van der Waals surface area contributed by atoms with Crippen LogP contribution in [0.15, 0.2) is 0 Å². The Morgan fingerprint density at radius 3 is 1.81 bits per heavy atom. The number of nitrogens with one attached hydrogen (secondary N) is 1. The topological polar surface area (TPSA) is 15.3 Å². The lowest BCUT2D eigenvalue weighted by molar-refractivity contribution is 0.317. The van der Waals surface area contributed by atoms with Crippen molar-refractivity contribution in [2.75, 3.05) is 0 Å². The van der Waals surface area contributed by atoms with Gasteiger partial charge >= 0.3 is 0 Å². The van der Waals surface area contributed by atoms with Crippen molar-refractivity contribution in [2.45, 2.75) is 66.0 Å². The van der Waals surface area contributed by atoms with E-state index in [2.05, 4.69) is 63.1 Å². The minimum absolute atomic E-state index is 0.270. The first-order valence-corrected chi connectivity index (χ1v) is 15.5. The summed E-state index contributed by atoms with van der Waals surface area (Å²) in [6.07, 6.45) is 0.